The lowest BCUT2D eigenvalue weighted by Crippen LogP contribution is -2.43. The Morgan fingerprint density at radius 3 is 2.23 bits per heavy atom. The van der Waals surface area contributed by atoms with Crippen molar-refractivity contribution in [2.75, 3.05) is 11.5 Å². The molecule has 3 aromatic rings. The molecular weight excluding hydrogens is 385 g/mol. The first-order valence-corrected chi connectivity index (χ1v) is 9.70. The van der Waals surface area contributed by atoms with Crippen molar-refractivity contribution in [1.82, 2.24) is 0 Å². The molecule has 1 heterocycles. The topological polar surface area (TPSA) is 66.8 Å². The van der Waals surface area contributed by atoms with Crippen LogP contribution in [0.1, 0.15) is 22.6 Å². The van der Waals surface area contributed by atoms with Crippen LogP contribution in [0.25, 0.3) is 11.1 Å². The Morgan fingerprint density at radius 1 is 0.967 bits per heavy atom. The van der Waals surface area contributed by atoms with E-state index in [2.05, 4.69) is 0 Å². The van der Waals surface area contributed by atoms with Gasteiger partial charge >= 0.3 is 12.1 Å². The van der Waals surface area contributed by atoms with E-state index in [1.54, 1.807) is 6.07 Å². The van der Waals surface area contributed by atoms with Crippen molar-refractivity contribution in [1.29, 1.82) is 0 Å². The second-order valence-corrected chi connectivity index (χ2v) is 7.47. The van der Waals surface area contributed by atoms with Gasteiger partial charge in [-0.25, -0.2) is 14.0 Å². The van der Waals surface area contributed by atoms with Crippen LogP contribution in [0.3, 0.4) is 0 Å². The van der Waals surface area contributed by atoms with E-state index >= 15 is 0 Å². The number of halogens is 1. The Bertz CT molecular complexity index is 1130. The summed E-state index contributed by atoms with van der Waals surface area (Å²) in [5, 5.41) is 9.56. The summed E-state index contributed by atoms with van der Waals surface area (Å²) >= 11 is 0. The summed E-state index contributed by atoms with van der Waals surface area (Å²) < 4.78 is 19.8. The van der Waals surface area contributed by atoms with E-state index in [9.17, 15) is 19.1 Å². The summed E-state index contributed by atoms with van der Waals surface area (Å²) in [7, 11) is 0. The van der Waals surface area contributed by atoms with Crippen molar-refractivity contribution in [3.63, 3.8) is 0 Å². The Labute approximate surface area is 172 Å². The Kier molecular flexibility index (Phi) is 4.28. The van der Waals surface area contributed by atoms with E-state index in [1.165, 1.54) is 12.1 Å². The van der Waals surface area contributed by atoms with Gasteiger partial charge in [-0.3, -0.25) is 4.90 Å². The molecule has 1 aliphatic carbocycles. The van der Waals surface area contributed by atoms with Crippen molar-refractivity contribution in [2.24, 2.45) is 0 Å². The van der Waals surface area contributed by atoms with Crippen LogP contribution >= 0.6 is 0 Å². The molecule has 1 N–H and O–H groups in total. The van der Waals surface area contributed by atoms with Gasteiger partial charge in [-0.2, -0.15) is 0 Å². The van der Waals surface area contributed by atoms with E-state index in [-0.39, 0.29) is 30.2 Å². The third kappa shape index (κ3) is 2.76. The maximum Gasteiger partial charge on any atom is 0.415 e. The molecule has 1 unspecified atom stereocenters. The first-order chi connectivity index (χ1) is 14.6. The first kappa shape index (κ1) is 18.4. The second kappa shape index (κ2) is 6.99. The van der Waals surface area contributed by atoms with Crippen LogP contribution in [0.4, 0.5) is 14.9 Å². The molecule has 0 aromatic heterocycles. The molecule has 30 heavy (non-hydrogen) atoms. The number of amides is 1. The summed E-state index contributed by atoms with van der Waals surface area (Å²) in [6.45, 7) is 0.0698. The third-order valence-corrected chi connectivity index (χ3v) is 5.88. The molecule has 0 saturated carbocycles. The highest BCUT2D eigenvalue weighted by molar-refractivity contribution is 5.98. The zero-order chi connectivity index (χ0) is 20.8. The quantitative estimate of drug-likeness (QED) is 0.695. The number of ether oxygens (including phenoxy) is 1. The molecule has 0 radical (unpaired) electrons. The Balaban J connectivity index is 1.43. The minimum Gasteiger partial charge on any atom is -0.480 e. The molecule has 0 spiro atoms. The predicted molar refractivity (Wildman–Crippen MR) is 109 cm³/mol. The van der Waals surface area contributed by atoms with Gasteiger partial charge in [-0.05, 0) is 34.4 Å². The molecule has 6 heteroatoms. The van der Waals surface area contributed by atoms with E-state index in [1.807, 2.05) is 48.5 Å². The molecule has 3 aromatic carbocycles. The summed E-state index contributed by atoms with van der Waals surface area (Å²) in [6, 6.07) is 19.0. The number of hydrogen-bond acceptors (Lipinski definition) is 3. The van der Waals surface area contributed by atoms with Gasteiger partial charge in [-0.15, -0.1) is 0 Å². The van der Waals surface area contributed by atoms with Crippen LogP contribution in [0.15, 0.2) is 66.7 Å². The molecule has 0 bridgehead atoms. The number of carbonyl (C=O) groups excluding carboxylic acids is 1. The number of carboxylic acids is 1. The van der Waals surface area contributed by atoms with E-state index < -0.39 is 23.9 Å². The third-order valence-electron chi connectivity index (χ3n) is 5.88. The van der Waals surface area contributed by atoms with Gasteiger partial charge in [0.15, 0.2) is 0 Å². The summed E-state index contributed by atoms with van der Waals surface area (Å²) in [4.78, 5) is 25.7. The van der Waals surface area contributed by atoms with Gasteiger partial charge in [0.1, 0.15) is 18.5 Å². The Morgan fingerprint density at radius 2 is 1.60 bits per heavy atom. The van der Waals surface area contributed by atoms with E-state index in [0.29, 0.717) is 0 Å². The summed E-state index contributed by atoms with van der Waals surface area (Å²) in [6.07, 6.45) is -0.866. The van der Waals surface area contributed by atoms with Crippen LogP contribution in [0.2, 0.25) is 0 Å². The van der Waals surface area contributed by atoms with Crippen LogP contribution in [-0.4, -0.2) is 29.8 Å². The average Bonchev–Trinajstić information content (AvgIpc) is 3.30. The molecule has 0 fully saturated rings. The lowest BCUT2D eigenvalue weighted by molar-refractivity contribution is -0.138. The molecule has 1 aliphatic heterocycles. The van der Waals surface area contributed by atoms with Gasteiger partial charge in [0.2, 0.25) is 0 Å². The molecule has 150 valence electrons. The number of carboxylic acid groups (broad SMARTS) is 1. The van der Waals surface area contributed by atoms with Crippen LogP contribution in [0.5, 0.6) is 0 Å². The highest BCUT2D eigenvalue weighted by Gasteiger charge is 2.41. The maximum atomic E-state index is 14.2. The average molecular weight is 403 g/mol. The zero-order valence-corrected chi connectivity index (χ0v) is 15.9. The van der Waals surface area contributed by atoms with Crippen molar-refractivity contribution < 1.29 is 23.8 Å². The Hall–Kier alpha value is -3.67. The van der Waals surface area contributed by atoms with E-state index in [4.69, 9.17) is 4.74 Å². The molecule has 2 aliphatic rings. The number of anilines is 1. The summed E-state index contributed by atoms with van der Waals surface area (Å²) in [5.41, 5.74) is 4.80. The van der Waals surface area contributed by atoms with Crippen LogP contribution < -0.4 is 4.90 Å². The second-order valence-electron chi connectivity index (χ2n) is 7.47. The highest BCUT2D eigenvalue weighted by Crippen LogP contribution is 2.44. The molecule has 0 saturated heterocycles. The minimum absolute atomic E-state index is 0.0698. The van der Waals surface area contributed by atoms with Crippen molar-refractivity contribution in [3.8, 4) is 11.1 Å². The normalized spacial score (nSPS) is 16.7. The van der Waals surface area contributed by atoms with Crippen LogP contribution in [-0.2, 0) is 16.0 Å². The van der Waals surface area contributed by atoms with E-state index in [0.717, 1.165) is 27.2 Å². The van der Waals surface area contributed by atoms with Crippen LogP contribution in [0, 0.1) is 5.82 Å². The van der Waals surface area contributed by atoms with Gasteiger partial charge in [0.05, 0.1) is 5.69 Å². The zero-order valence-electron chi connectivity index (χ0n) is 15.9. The lowest BCUT2D eigenvalue weighted by Gasteiger charge is -2.23. The smallest absolute Gasteiger partial charge is 0.415 e. The molecule has 1 atom stereocenters. The lowest BCUT2D eigenvalue weighted by atomic mass is 9.98. The number of nitrogens with zero attached hydrogens (tertiary/aromatic N) is 1. The predicted octanol–water partition coefficient (Wildman–Crippen LogP) is 4.59. The van der Waals surface area contributed by atoms with Gasteiger partial charge in [-0.1, -0.05) is 54.6 Å². The molecular formula is C24H18FNO4. The number of hydrogen-bond donors (Lipinski definition) is 1. The number of aliphatic carboxylic acids is 1. The fourth-order valence-electron chi connectivity index (χ4n) is 4.51. The maximum absolute atomic E-state index is 14.2. The highest BCUT2D eigenvalue weighted by atomic mass is 19.1. The fraction of sp³-hybridized carbons (Fsp3) is 0.167. The van der Waals surface area contributed by atoms with Gasteiger partial charge in [0, 0.05) is 17.9 Å². The molecule has 1 amide bonds. The minimum atomic E-state index is -1.20. The van der Waals surface area contributed by atoms with Gasteiger partial charge in [0.25, 0.3) is 0 Å². The number of benzene rings is 3. The van der Waals surface area contributed by atoms with Crippen molar-refractivity contribution in [2.45, 2.75) is 18.4 Å². The fourth-order valence-corrected chi connectivity index (χ4v) is 4.51. The van der Waals surface area contributed by atoms with Gasteiger partial charge < -0.3 is 9.84 Å². The summed E-state index contributed by atoms with van der Waals surface area (Å²) in [5.74, 6) is -1.86. The molecule has 5 rings (SSSR count). The standard InChI is InChI=1S/C24H18FNO4/c25-20-10-5-11-21-18(20)12-22(23(27)28)26(21)24(29)30-13-19-16-8-3-1-6-14(16)15-7-2-4-9-17(15)19/h1-11,19,22H,12-13H2,(H,27,28). The largest absolute Gasteiger partial charge is 0.480 e. The SMILES string of the molecule is O=C(O)C1Cc2c(F)cccc2N1C(=O)OCC1c2ccccc2-c2ccccc21. The van der Waals surface area contributed by atoms with Crippen molar-refractivity contribution >= 4 is 17.7 Å². The number of carbonyl (C=O) groups is 2. The number of fused-ring (bicyclic) bond motifs is 4. The monoisotopic (exact) mass is 403 g/mol. The molecule has 5 nitrogen and oxygen atoms in total. The first-order valence-electron chi connectivity index (χ1n) is 9.70. The van der Waals surface area contributed by atoms with Crippen molar-refractivity contribution in [3.05, 3.63) is 89.2 Å². The number of rotatable bonds is 3.